The van der Waals surface area contributed by atoms with Crippen LogP contribution in [0.1, 0.15) is 34.6 Å². The van der Waals surface area contributed by atoms with Crippen molar-refractivity contribution in [3.05, 3.63) is 132 Å². The topological polar surface area (TPSA) is 65.3 Å². The van der Waals surface area contributed by atoms with Crippen molar-refractivity contribution in [2.24, 2.45) is 22.0 Å². The summed E-state index contributed by atoms with van der Waals surface area (Å²) in [6.45, 7) is 3.83. The van der Waals surface area contributed by atoms with Gasteiger partial charge in [0.15, 0.2) is 11.6 Å². The predicted molar refractivity (Wildman–Crippen MR) is 168 cm³/mol. The highest BCUT2D eigenvalue weighted by Gasteiger charge is 2.48. The van der Waals surface area contributed by atoms with Gasteiger partial charge in [-0.2, -0.15) is 10.2 Å². The van der Waals surface area contributed by atoms with Crippen molar-refractivity contribution >= 4 is 46.1 Å². The molecule has 0 N–H and O–H groups in total. The summed E-state index contributed by atoms with van der Waals surface area (Å²) in [4.78, 5) is 28.1. The van der Waals surface area contributed by atoms with Crippen molar-refractivity contribution in [1.29, 1.82) is 0 Å². The molecule has 2 aliphatic heterocycles. The number of nitrogens with zero attached hydrogens (tertiary/aromatic N) is 4. The monoisotopic (exact) mass is 558 g/mol. The first-order valence-electron chi connectivity index (χ1n) is 13.7. The molecule has 4 aromatic carbocycles. The third-order valence-corrected chi connectivity index (χ3v) is 8.99. The van der Waals surface area contributed by atoms with E-state index in [9.17, 15) is 9.59 Å². The minimum atomic E-state index is -0.506. The molecule has 7 heteroatoms. The molecule has 2 heterocycles. The number of carbonyl (C=O) groups excluding carboxylic acids is 2. The predicted octanol–water partition coefficient (Wildman–Crippen LogP) is 7.16. The first-order valence-corrected chi connectivity index (χ1v) is 14.6. The molecule has 0 unspecified atom stereocenters. The lowest BCUT2D eigenvalue weighted by atomic mass is 9.93. The number of para-hydroxylation sites is 2. The average Bonchev–Trinajstić information content (AvgIpc) is 3.53. The molecule has 0 aliphatic carbocycles. The largest absolute Gasteiger partial charge is 0.293 e. The van der Waals surface area contributed by atoms with Crippen LogP contribution in [-0.2, 0) is 0 Å². The zero-order valence-electron chi connectivity index (χ0n) is 22.9. The standard InChI is InChI=1S/C34H30N4O2S/c1-23-29(31(39)25-15-7-3-8-16-25)33(37(35-23)27-19-11-5-12-20-27)41-34-30(32(40)26-17-9-4-10-18-26)24(2)36-38(34)28-21-13-6-14-22-28/h3-22,29-30,33-34H,1-2H3/t29-,30-,33+,34+/m0/s1. The van der Waals surface area contributed by atoms with Gasteiger partial charge in [-0.3, -0.25) is 19.6 Å². The maximum absolute atomic E-state index is 14.0. The summed E-state index contributed by atoms with van der Waals surface area (Å²) in [5.41, 5.74) is 4.55. The molecule has 2 aliphatic rings. The number of anilines is 2. The lowest BCUT2D eigenvalue weighted by Gasteiger charge is -2.34. The molecular weight excluding hydrogens is 528 g/mol. The van der Waals surface area contributed by atoms with Crippen LogP contribution >= 0.6 is 11.8 Å². The molecule has 204 valence electrons. The minimum Gasteiger partial charge on any atom is -0.293 e. The van der Waals surface area contributed by atoms with Gasteiger partial charge in [-0.15, -0.1) is 11.8 Å². The molecular formula is C34H30N4O2S. The van der Waals surface area contributed by atoms with Crippen molar-refractivity contribution in [3.63, 3.8) is 0 Å². The van der Waals surface area contributed by atoms with E-state index < -0.39 is 22.6 Å². The quantitative estimate of drug-likeness (QED) is 0.215. The molecule has 0 bridgehead atoms. The summed E-state index contributed by atoms with van der Waals surface area (Å²) in [7, 11) is 0. The molecule has 4 aromatic rings. The molecule has 6 nitrogen and oxygen atoms in total. The SMILES string of the molecule is CC1=NN(c2ccccc2)[C@H](S[C@@H]2[C@H](C(=O)c3ccccc3)C(C)=NN2c2ccccc2)[C@@H]1C(=O)c1ccccc1. The van der Waals surface area contributed by atoms with Crippen molar-refractivity contribution in [2.75, 3.05) is 10.0 Å². The van der Waals surface area contributed by atoms with Gasteiger partial charge in [0.05, 0.1) is 23.2 Å². The highest BCUT2D eigenvalue weighted by atomic mass is 32.2. The van der Waals surface area contributed by atoms with Gasteiger partial charge in [-0.1, -0.05) is 97.1 Å². The van der Waals surface area contributed by atoms with E-state index in [1.54, 1.807) is 11.8 Å². The van der Waals surface area contributed by atoms with E-state index in [-0.39, 0.29) is 11.6 Å². The lowest BCUT2D eigenvalue weighted by Crippen LogP contribution is -2.42. The Balaban J connectivity index is 1.43. The lowest BCUT2D eigenvalue weighted by molar-refractivity contribution is 0.0951. The van der Waals surface area contributed by atoms with Crippen molar-refractivity contribution in [2.45, 2.75) is 24.6 Å². The number of Topliss-reactive ketones (excluding diaryl/α,β-unsaturated/α-hetero) is 2. The van der Waals surface area contributed by atoms with Crippen LogP contribution in [0.5, 0.6) is 0 Å². The van der Waals surface area contributed by atoms with Crippen molar-refractivity contribution in [1.82, 2.24) is 0 Å². The Morgan fingerprint density at radius 1 is 0.537 bits per heavy atom. The van der Waals surface area contributed by atoms with Crippen LogP contribution in [0.4, 0.5) is 11.4 Å². The Morgan fingerprint density at radius 3 is 1.20 bits per heavy atom. The normalized spacial score (nSPS) is 21.9. The van der Waals surface area contributed by atoms with E-state index in [1.807, 2.05) is 145 Å². The fraction of sp³-hybridized carbons (Fsp3) is 0.176. The number of thioether (sulfide) groups is 1. The van der Waals surface area contributed by atoms with Crippen molar-refractivity contribution in [3.8, 4) is 0 Å². The Labute approximate surface area is 244 Å². The van der Waals surface area contributed by atoms with Gasteiger partial charge < -0.3 is 0 Å². The molecule has 0 saturated heterocycles. The highest BCUT2D eigenvalue weighted by Crippen LogP contribution is 2.45. The van der Waals surface area contributed by atoms with E-state index in [0.717, 1.165) is 22.8 Å². The smallest absolute Gasteiger partial charge is 0.174 e. The molecule has 0 fully saturated rings. The third kappa shape index (κ3) is 5.21. The second kappa shape index (κ2) is 11.6. The number of ketones is 2. The highest BCUT2D eigenvalue weighted by molar-refractivity contribution is 8.00. The zero-order valence-corrected chi connectivity index (χ0v) is 23.7. The maximum Gasteiger partial charge on any atom is 0.174 e. The van der Waals surface area contributed by atoms with Gasteiger partial charge in [0.2, 0.25) is 0 Å². The number of hydrogen-bond acceptors (Lipinski definition) is 7. The summed E-state index contributed by atoms with van der Waals surface area (Å²) in [5, 5.41) is 12.9. The van der Waals surface area contributed by atoms with E-state index in [1.165, 1.54) is 0 Å². The van der Waals surface area contributed by atoms with Crippen LogP contribution in [-0.4, -0.2) is 33.7 Å². The van der Waals surface area contributed by atoms with Gasteiger partial charge in [0.25, 0.3) is 0 Å². The molecule has 4 atom stereocenters. The third-order valence-electron chi connectivity index (χ3n) is 7.49. The number of carbonyl (C=O) groups is 2. The Bertz CT molecular complexity index is 1470. The fourth-order valence-corrected chi connectivity index (χ4v) is 7.27. The van der Waals surface area contributed by atoms with Gasteiger partial charge in [-0.25, -0.2) is 0 Å². The number of hydrazone groups is 2. The maximum atomic E-state index is 14.0. The number of hydrogen-bond donors (Lipinski definition) is 0. The van der Waals surface area contributed by atoms with Crippen LogP contribution in [0.15, 0.2) is 132 Å². The number of rotatable bonds is 8. The van der Waals surface area contributed by atoms with Gasteiger partial charge in [-0.05, 0) is 38.1 Å². The fourth-order valence-electron chi connectivity index (χ4n) is 5.46. The van der Waals surface area contributed by atoms with Crippen LogP contribution in [0.2, 0.25) is 0 Å². The molecule has 0 saturated carbocycles. The summed E-state index contributed by atoms with van der Waals surface area (Å²) >= 11 is 1.57. The molecule has 0 aromatic heterocycles. The summed E-state index contributed by atoms with van der Waals surface area (Å²) in [6, 6.07) is 38.5. The Kier molecular flexibility index (Phi) is 7.53. The van der Waals surface area contributed by atoms with Crippen LogP contribution in [0, 0.1) is 11.8 Å². The second-order valence-corrected chi connectivity index (χ2v) is 11.4. The van der Waals surface area contributed by atoms with Crippen molar-refractivity contribution < 1.29 is 9.59 Å². The number of benzene rings is 4. The van der Waals surface area contributed by atoms with Gasteiger partial charge in [0, 0.05) is 22.6 Å². The summed E-state index contributed by atoms with van der Waals surface area (Å²) in [6.07, 6.45) is 0. The van der Waals surface area contributed by atoms with E-state index >= 15 is 0 Å². The molecule has 0 radical (unpaired) electrons. The van der Waals surface area contributed by atoms with Crippen LogP contribution < -0.4 is 10.0 Å². The first kappa shape index (κ1) is 26.7. The minimum absolute atomic E-state index is 0.00983. The van der Waals surface area contributed by atoms with E-state index in [4.69, 9.17) is 10.2 Å². The molecule has 41 heavy (non-hydrogen) atoms. The van der Waals surface area contributed by atoms with Gasteiger partial charge >= 0.3 is 0 Å². The molecule has 0 spiro atoms. The van der Waals surface area contributed by atoms with E-state index in [2.05, 4.69) is 0 Å². The molecule has 0 amide bonds. The van der Waals surface area contributed by atoms with Crippen LogP contribution in [0.25, 0.3) is 0 Å². The average molecular weight is 559 g/mol. The van der Waals surface area contributed by atoms with Gasteiger partial charge in [0.1, 0.15) is 10.7 Å². The van der Waals surface area contributed by atoms with Crippen LogP contribution in [0.3, 0.4) is 0 Å². The Morgan fingerprint density at radius 2 is 0.854 bits per heavy atom. The Hall–Kier alpha value is -4.49. The molecule has 6 rings (SSSR count). The first-order chi connectivity index (χ1) is 20.0. The zero-order chi connectivity index (χ0) is 28.3. The summed E-state index contributed by atoms with van der Waals surface area (Å²) < 4.78 is 0. The van der Waals surface area contributed by atoms with E-state index in [0.29, 0.717) is 11.1 Å². The summed E-state index contributed by atoms with van der Waals surface area (Å²) in [5.74, 6) is -0.992. The second-order valence-electron chi connectivity index (χ2n) is 10.2.